The molecular formula is C34H25BrF3N5O2. The molecule has 0 aliphatic carbocycles. The fourth-order valence-corrected chi connectivity index (χ4v) is 5.67. The Bertz CT molecular complexity index is 1920. The SMILES string of the molecule is O=C(Cn1cc(C2=N[C@@H](c3ccccc3)[C@H](c3ccccc3)NC2=O)c2cc(Br)ccc21)NN=Cc1ccc(C(F)(F)F)cc1. The van der Waals surface area contributed by atoms with Gasteiger partial charge in [-0.3, -0.25) is 14.6 Å². The summed E-state index contributed by atoms with van der Waals surface area (Å²) in [5.74, 6) is -0.800. The van der Waals surface area contributed by atoms with Crippen LogP contribution in [0.25, 0.3) is 10.9 Å². The van der Waals surface area contributed by atoms with Crippen LogP contribution in [0.2, 0.25) is 0 Å². The molecule has 7 nitrogen and oxygen atoms in total. The number of amides is 2. The third-order valence-electron chi connectivity index (χ3n) is 7.44. The molecule has 0 saturated carbocycles. The number of fused-ring (bicyclic) bond motifs is 1. The Labute approximate surface area is 264 Å². The van der Waals surface area contributed by atoms with Crippen LogP contribution in [-0.4, -0.2) is 28.3 Å². The number of benzene rings is 4. The molecule has 2 atom stereocenters. The highest BCUT2D eigenvalue weighted by Gasteiger charge is 2.35. The van der Waals surface area contributed by atoms with Crippen LogP contribution in [0.5, 0.6) is 0 Å². The molecule has 5 aromatic rings. The van der Waals surface area contributed by atoms with E-state index in [1.807, 2.05) is 78.9 Å². The van der Waals surface area contributed by atoms with Crippen molar-refractivity contribution < 1.29 is 22.8 Å². The van der Waals surface area contributed by atoms with Gasteiger partial charge in [0.25, 0.3) is 11.8 Å². The normalized spacial score (nSPS) is 16.9. The largest absolute Gasteiger partial charge is 0.416 e. The smallest absolute Gasteiger partial charge is 0.341 e. The summed E-state index contributed by atoms with van der Waals surface area (Å²) < 4.78 is 41.0. The highest BCUT2D eigenvalue weighted by Crippen LogP contribution is 2.37. The average Bonchev–Trinajstić information content (AvgIpc) is 3.38. The van der Waals surface area contributed by atoms with E-state index in [2.05, 4.69) is 31.8 Å². The van der Waals surface area contributed by atoms with Crippen molar-refractivity contribution in [2.45, 2.75) is 24.8 Å². The van der Waals surface area contributed by atoms with Crippen LogP contribution in [0, 0.1) is 0 Å². The third-order valence-corrected chi connectivity index (χ3v) is 7.93. The molecule has 2 amide bonds. The molecule has 2 heterocycles. The molecule has 0 saturated heterocycles. The van der Waals surface area contributed by atoms with Crippen molar-refractivity contribution >= 4 is 50.6 Å². The zero-order valence-electron chi connectivity index (χ0n) is 23.5. The van der Waals surface area contributed by atoms with E-state index in [4.69, 9.17) is 4.99 Å². The lowest BCUT2D eigenvalue weighted by Crippen LogP contribution is -2.42. The van der Waals surface area contributed by atoms with Crippen LogP contribution in [0.15, 0.2) is 124 Å². The Kier molecular flexibility index (Phi) is 8.36. The average molecular weight is 673 g/mol. The van der Waals surface area contributed by atoms with Gasteiger partial charge in [-0.05, 0) is 47.0 Å². The molecule has 4 aromatic carbocycles. The number of aliphatic imine (C=N–C) groups is 1. The highest BCUT2D eigenvalue weighted by molar-refractivity contribution is 9.10. The second kappa shape index (κ2) is 12.5. The first-order valence-corrected chi connectivity index (χ1v) is 14.7. The van der Waals surface area contributed by atoms with Crippen molar-refractivity contribution in [2.24, 2.45) is 10.1 Å². The van der Waals surface area contributed by atoms with E-state index in [0.29, 0.717) is 16.6 Å². The van der Waals surface area contributed by atoms with Gasteiger partial charge in [-0.1, -0.05) is 88.7 Å². The lowest BCUT2D eigenvalue weighted by Gasteiger charge is -2.31. The molecule has 0 bridgehead atoms. The standard InChI is InChI=1S/C34H25BrF3N5O2/c35-25-15-16-28-26(17-25)27(19-43(28)20-29(44)42-39-18-21-11-13-24(14-12-21)34(36,37)38)32-33(45)41-31(23-9-5-2-6-10-23)30(40-32)22-7-3-1-4-8-22/h1-19,30-31H,20H2,(H,41,45)(H,42,44)/t30-,31-/m0/s1. The van der Waals surface area contributed by atoms with Gasteiger partial charge in [-0.2, -0.15) is 18.3 Å². The molecule has 6 rings (SSSR count). The Hall–Kier alpha value is -5.03. The minimum absolute atomic E-state index is 0.133. The van der Waals surface area contributed by atoms with Crippen LogP contribution < -0.4 is 10.7 Å². The number of rotatable bonds is 7. The molecule has 0 radical (unpaired) electrons. The van der Waals surface area contributed by atoms with Gasteiger partial charge >= 0.3 is 6.18 Å². The molecular weight excluding hydrogens is 647 g/mol. The van der Waals surface area contributed by atoms with E-state index >= 15 is 0 Å². The van der Waals surface area contributed by atoms with Crippen molar-refractivity contribution in [1.29, 1.82) is 0 Å². The zero-order chi connectivity index (χ0) is 31.6. The molecule has 0 unspecified atom stereocenters. The number of aromatic nitrogens is 1. The Morgan fingerprint density at radius 1 is 0.956 bits per heavy atom. The van der Waals surface area contributed by atoms with Gasteiger partial charge in [0.1, 0.15) is 18.3 Å². The predicted octanol–water partition coefficient (Wildman–Crippen LogP) is 6.97. The third kappa shape index (κ3) is 6.58. The number of carbonyl (C=O) groups is 2. The first kappa shape index (κ1) is 30.0. The molecule has 1 aliphatic rings. The van der Waals surface area contributed by atoms with Gasteiger partial charge in [0.2, 0.25) is 0 Å². The fourth-order valence-electron chi connectivity index (χ4n) is 5.31. The highest BCUT2D eigenvalue weighted by atomic mass is 79.9. The monoisotopic (exact) mass is 671 g/mol. The van der Waals surface area contributed by atoms with Crippen LogP contribution in [0.1, 0.15) is 39.9 Å². The summed E-state index contributed by atoms with van der Waals surface area (Å²) in [7, 11) is 0. The van der Waals surface area contributed by atoms with Crippen molar-refractivity contribution in [3.63, 3.8) is 0 Å². The quantitative estimate of drug-likeness (QED) is 0.145. The molecule has 0 spiro atoms. The maximum atomic E-state index is 13.6. The number of hydrogen-bond donors (Lipinski definition) is 2. The minimum Gasteiger partial charge on any atom is -0.341 e. The summed E-state index contributed by atoms with van der Waals surface area (Å²) in [5, 5.41) is 7.79. The lowest BCUT2D eigenvalue weighted by molar-refractivity contribution is -0.137. The molecule has 0 fully saturated rings. The Balaban J connectivity index is 1.30. The van der Waals surface area contributed by atoms with Crippen molar-refractivity contribution in [3.8, 4) is 0 Å². The number of nitrogens with zero attached hydrogens (tertiary/aromatic N) is 3. The maximum absolute atomic E-state index is 13.6. The Morgan fingerprint density at radius 2 is 1.62 bits per heavy atom. The van der Waals surface area contributed by atoms with E-state index < -0.39 is 23.7 Å². The molecule has 226 valence electrons. The van der Waals surface area contributed by atoms with Gasteiger partial charge in [-0.15, -0.1) is 0 Å². The first-order chi connectivity index (χ1) is 21.7. The number of nitrogens with one attached hydrogen (secondary N) is 2. The zero-order valence-corrected chi connectivity index (χ0v) is 25.1. The number of halogens is 4. The second-order valence-corrected chi connectivity index (χ2v) is 11.4. The molecule has 2 N–H and O–H groups in total. The first-order valence-electron chi connectivity index (χ1n) is 13.9. The molecule has 1 aromatic heterocycles. The Morgan fingerprint density at radius 3 is 2.29 bits per heavy atom. The number of hydrazone groups is 1. The van der Waals surface area contributed by atoms with Crippen molar-refractivity contribution in [3.05, 3.63) is 142 Å². The van der Waals surface area contributed by atoms with Gasteiger partial charge in [0.15, 0.2) is 0 Å². The fraction of sp³-hybridized carbons (Fsp3) is 0.118. The predicted molar refractivity (Wildman–Crippen MR) is 170 cm³/mol. The van der Waals surface area contributed by atoms with Crippen molar-refractivity contribution in [1.82, 2.24) is 15.3 Å². The molecule has 1 aliphatic heterocycles. The van der Waals surface area contributed by atoms with Gasteiger partial charge in [0.05, 0.1) is 17.8 Å². The molecule has 11 heteroatoms. The second-order valence-electron chi connectivity index (χ2n) is 10.4. The number of alkyl halides is 3. The topological polar surface area (TPSA) is 87.8 Å². The van der Waals surface area contributed by atoms with E-state index in [1.54, 1.807) is 10.8 Å². The molecule has 45 heavy (non-hydrogen) atoms. The summed E-state index contributed by atoms with van der Waals surface area (Å²) in [6.45, 7) is -0.133. The number of hydrogen-bond acceptors (Lipinski definition) is 4. The van der Waals surface area contributed by atoms with Crippen LogP contribution in [-0.2, 0) is 22.3 Å². The van der Waals surface area contributed by atoms with Gasteiger partial charge in [0, 0.05) is 27.1 Å². The van der Waals surface area contributed by atoms with Crippen molar-refractivity contribution in [2.75, 3.05) is 0 Å². The van der Waals surface area contributed by atoms with E-state index in [9.17, 15) is 22.8 Å². The summed E-state index contributed by atoms with van der Waals surface area (Å²) in [6, 6.07) is 28.7. The summed E-state index contributed by atoms with van der Waals surface area (Å²) in [5.41, 5.74) is 5.43. The maximum Gasteiger partial charge on any atom is 0.416 e. The van der Waals surface area contributed by atoms with Gasteiger partial charge < -0.3 is 9.88 Å². The van der Waals surface area contributed by atoms with Gasteiger partial charge in [-0.25, -0.2) is 5.43 Å². The summed E-state index contributed by atoms with van der Waals surface area (Å²) >= 11 is 3.52. The minimum atomic E-state index is -4.44. The van der Waals surface area contributed by atoms with Crippen LogP contribution >= 0.6 is 15.9 Å². The van der Waals surface area contributed by atoms with E-state index in [-0.39, 0.29) is 24.2 Å². The summed E-state index contributed by atoms with van der Waals surface area (Å²) in [4.78, 5) is 31.5. The lowest BCUT2D eigenvalue weighted by atomic mass is 9.91. The van der Waals surface area contributed by atoms with E-state index in [0.717, 1.165) is 33.1 Å². The van der Waals surface area contributed by atoms with Crippen LogP contribution in [0.3, 0.4) is 0 Å². The van der Waals surface area contributed by atoms with Crippen LogP contribution in [0.4, 0.5) is 13.2 Å². The van der Waals surface area contributed by atoms with E-state index in [1.165, 1.54) is 18.3 Å². The number of carbonyl (C=O) groups excluding carboxylic acids is 2. The summed E-state index contributed by atoms with van der Waals surface area (Å²) in [6.07, 6.45) is -1.45.